The van der Waals surface area contributed by atoms with Crippen molar-refractivity contribution in [3.05, 3.63) is 35.4 Å². The van der Waals surface area contributed by atoms with E-state index < -0.39 is 12.1 Å². The number of aliphatic carboxylic acids is 1. The Bertz CT molecular complexity index is 731. The fraction of sp³-hybridized carbons (Fsp3) is 0.526. The second-order valence-corrected chi connectivity index (χ2v) is 7.11. The van der Waals surface area contributed by atoms with Gasteiger partial charge in [-0.1, -0.05) is 18.2 Å². The van der Waals surface area contributed by atoms with Gasteiger partial charge in [0.25, 0.3) is 0 Å². The van der Waals surface area contributed by atoms with Gasteiger partial charge in [-0.3, -0.25) is 9.69 Å². The number of hydrogen-bond acceptors (Lipinski definition) is 5. The van der Waals surface area contributed by atoms with Crippen LogP contribution in [0.3, 0.4) is 0 Å². The molecule has 6 heteroatoms. The maximum atomic E-state index is 10.9. The van der Waals surface area contributed by atoms with E-state index in [1.165, 1.54) is 0 Å². The van der Waals surface area contributed by atoms with Gasteiger partial charge in [-0.2, -0.15) is 0 Å². The Morgan fingerprint density at radius 1 is 1.48 bits per heavy atom. The Labute approximate surface area is 146 Å². The van der Waals surface area contributed by atoms with E-state index in [2.05, 4.69) is 17.0 Å². The predicted octanol–water partition coefficient (Wildman–Crippen LogP) is 1.70. The lowest BCUT2D eigenvalue weighted by atomic mass is 9.69. The monoisotopic (exact) mass is 345 g/mol. The third-order valence-electron chi connectivity index (χ3n) is 5.68. The van der Waals surface area contributed by atoms with Crippen LogP contribution in [0, 0.1) is 0 Å². The summed E-state index contributed by atoms with van der Waals surface area (Å²) in [5.41, 5.74) is 2.04. The van der Waals surface area contributed by atoms with Crippen LogP contribution in [0.5, 0.6) is 11.5 Å². The van der Waals surface area contributed by atoms with E-state index in [9.17, 15) is 9.90 Å². The molecule has 1 aliphatic carbocycles. The molecule has 6 nitrogen and oxygen atoms in total. The quantitative estimate of drug-likeness (QED) is 0.809. The van der Waals surface area contributed by atoms with Crippen LogP contribution >= 0.6 is 0 Å². The first kappa shape index (κ1) is 16.4. The number of methoxy groups -OCH3 is 1. The number of hydrogen-bond donors (Lipinski definition) is 2. The molecule has 1 spiro atoms. The fourth-order valence-corrected chi connectivity index (χ4v) is 4.44. The molecule has 1 aromatic rings. The number of ether oxygens (including phenoxy) is 2. The minimum absolute atomic E-state index is 0.114. The summed E-state index contributed by atoms with van der Waals surface area (Å²) in [6.45, 7) is 2.03. The highest BCUT2D eigenvalue weighted by Crippen LogP contribution is 2.55. The number of aliphatic hydroxyl groups is 1. The van der Waals surface area contributed by atoms with Gasteiger partial charge >= 0.3 is 5.97 Å². The average molecular weight is 345 g/mol. The zero-order valence-electron chi connectivity index (χ0n) is 14.3. The molecule has 1 aromatic carbocycles. The number of nitrogens with zero attached hydrogens (tertiary/aromatic N) is 1. The van der Waals surface area contributed by atoms with Crippen molar-refractivity contribution in [2.75, 3.05) is 20.2 Å². The van der Waals surface area contributed by atoms with Gasteiger partial charge in [0, 0.05) is 25.1 Å². The molecule has 25 heavy (non-hydrogen) atoms. The van der Waals surface area contributed by atoms with E-state index in [0.29, 0.717) is 19.5 Å². The second-order valence-electron chi connectivity index (χ2n) is 7.11. The zero-order valence-corrected chi connectivity index (χ0v) is 14.3. The summed E-state index contributed by atoms with van der Waals surface area (Å²) in [7, 11) is 1.64. The van der Waals surface area contributed by atoms with Crippen LogP contribution in [0.25, 0.3) is 0 Å². The zero-order chi connectivity index (χ0) is 17.6. The molecule has 0 saturated carbocycles. The fourth-order valence-electron chi connectivity index (χ4n) is 4.44. The molecule has 0 aromatic heterocycles. The molecule has 3 aliphatic rings. The molecule has 2 aliphatic heterocycles. The van der Waals surface area contributed by atoms with E-state index >= 15 is 0 Å². The molecule has 4 rings (SSSR count). The molecule has 134 valence electrons. The van der Waals surface area contributed by atoms with Gasteiger partial charge < -0.3 is 19.7 Å². The van der Waals surface area contributed by atoms with Gasteiger partial charge in [-0.25, -0.2) is 0 Å². The van der Waals surface area contributed by atoms with Crippen molar-refractivity contribution >= 4 is 5.97 Å². The van der Waals surface area contributed by atoms with Crippen LogP contribution in [-0.4, -0.2) is 53.5 Å². The van der Waals surface area contributed by atoms with Gasteiger partial charge in [-0.15, -0.1) is 0 Å². The van der Waals surface area contributed by atoms with Gasteiger partial charge in [0.05, 0.1) is 25.0 Å². The predicted molar refractivity (Wildman–Crippen MR) is 91.0 cm³/mol. The van der Waals surface area contributed by atoms with E-state index in [1.807, 2.05) is 12.1 Å². The van der Waals surface area contributed by atoms with Gasteiger partial charge in [0.1, 0.15) is 6.10 Å². The molecule has 0 amide bonds. The van der Waals surface area contributed by atoms with E-state index in [4.69, 9.17) is 14.6 Å². The van der Waals surface area contributed by atoms with Crippen LogP contribution in [0.2, 0.25) is 0 Å². The van der Waals surface area contributed by atoms with Crippen molar-refractivity contribution in [3.8, 4) is 11.5 Å². The highest BCUT2D eigenvalue weighted by Gasteiger charge is 2.52. The molecule has 3 atom stereocenters. The molecule has 0 fully saturated rings. The first-order valence-electron chi connectivity index (χ1n) is 8.72. The Morgan fingerprint density at radius 3 is 3.08 bits per heavy atom. The SMILES string of the molecule is COc1ccc2c3c1O[C@@H]1CC(O)C=CC31CCN(CCC(=O)O)C2. The summed E-state index contributed by atoms with van der Waals surface area (Å²) in [6, 6.07) is 3.98. The minimum atomic E-state index is -0.774. The highest BCUT2D eigenvalue weighted by atomic mass is 16.5. The van der Waals surface area contributed by atoms with E-state index in [1.54, 1.807) is 7.11 Å². The van der Waals surface area contributed by atoms with Crippen LogP contribution in [0.4, 0.5) is 0 Å². The summed E-state index contributed by atoms with van der Waals surface area (Å²) in [5, 5.41) is 19.1. The number of carboxylic acid groups (broad SMARTS) is 1. The largest absolute Gasteiger partial charge is 0.493 e. The summed E-state index contributed by atoms with van der Waals surface area (Å²) in [4.78, 5) is 13.1. The maximum absolute atomic E-state index is 10.9. The first-order valence-corrected chi connectivity index (χ1v) is 8.72. The van der Waals surface area contributed by atoms with Gasteiger partial charge in [0.15, 0.2) is 11.5 Å². The molecule has 0 bridgehead atoms. The number of benzene rings is 1. The standard InChI is InChI=1S/C19H23NO5/c1-24-14-3-2-12-11-20(8-5-16(22)23)9-7-19-6-4-13(21)10-15(19)25-18(14)17(12)19/h2-4,6,13,15,21H,5,7-11H2,1H3,(H,22,23)/t13?,15-,19?/m1/s1. The van der Waals surface area contributed by atoms with Gasteiger partial charge in [-0.05, 0) is 24.6 Å². The van der Waals surface area contributed by atoms with Crippen LogP contribution in [-0.2, 0) is 16.8 Å². The number of rotatable bonds is 4. The topological polar surface area (TPSA) is 79.2 Å². The van der Waals surface area contributed by atoms with Crippen molar-refractivity contribution in [1.29, 1.82) is 0 Å². The summed E-state index contributed by atoms with van der Waals surface area (Å²) < 4.78 is 11.8. The lowest BCUT2D eigenvalue weighted by Gasteiger charge is -2.35. The molecule has 2 N–H and O–H groups in total. The van der Waals surface area contributed by atoms with Crippen molar-refractivity contribution in [2.24, 2.45) is 0 Å². The Morgan fingerprint density at radius 2 is 2.32 bits per heavy atom. The third-order valence-corrected chi connectivity index (χ3v) is 5.68. The lowest BCUT2D eigenvalue weighted by Crippen LogP contribution is -2.43. The van der Waals surface area contributed by atoms with E-state index in [-0.39, 0.29) is 17.9 Å². The smallest absolute Gasteiger partial charge is 0.304 e. The van der Waals surface area contributed by atoms with Crippen LogP contribution in [0.15, 0.2) is 24.3 Å². The van der Waals surface area contributed by atoms with Crippen molar-refractivity contribution in [1.82, 2.24) is 4.90 Å². The molecule has 0 saturated heterocycles. The number of carbonyl (C=O) groups is 1. The Balaban J connectivity index is 1.77. The van der Waals surface area contributed by atoms with Crippen molar-refractivity contribution in [2.45, 2.75) is 43.4 Å². The number of aliphatic hydroxyl groups excluding tert-OH is 1. The first-order chi connectivity index (χ1) is 12.0. The third kappa shape index (κ3) is 2.60. The molecule has 2 unspecified atom stereocenters. The molecule has 0 radical (unpaired) electrons. The summed E-state index contributed by atoms with van der Waals surface area (Å²) in [6.07, 6.45) is 4.89. The van der Waals surface area contributed by atoms with Gasteiger partial charge in [0.2, 0.25) is 0 Å². The Hall–Kier alpha value is -2.05. The van der Waals surface area contributed by atoms with Crippen LogP contribution in [0.1, 0.15) is 30.4 Å². The minimum Gasteiger partial charge on any atom is -0.493 e. The van der Waals surface area contributed by atoms with Crippen LogP contribution < -0.4 is 9.47 Å². The molecular weight excluding hydrogens is 322 g/mol. The lowest BCUT2D eigenvalue weighted by molar-refractivity contribution is -0.137. The Kier molecular flexibility index (Phi) is 3.96. The average Bonchev–Trinajstić information content (AvgIpc) is 2.82. The van der Waals surface area contributed by atoms with Crippen molar-refractivity contribution < 1.29 is 24.5 Å². The summed E-state index contributed by atoms with van der Waals surface area (Å²) in [5.74, 6) is 0.724. The summed E-state index contributed by atoms with van der Waals surface area (Å²) >= 11 is 0. The molecular formula is C19H23NO5. The molecule has 2 heterocycles. The normalized spacial score (nSPS) is 30.2. The second kappa shape index (κ2) is 6.04. The maximum Gasteiger partial charge on any atom is 0.304 e. The highest BCUT2D eigenvalue weighted by molar-refractivity contribution is 5.67. The number of carboxylic acids is 1. The van der Waals surface area contributed by atoms with E-state index in [0.717, 1.165) is 35.6 Å². The van der Waals surface area contributed by atoms with Crippen molar-refractivity contribution in [3.63, 3.8) is 0 Å².